The van der Waals surface area contributed by atoms with Crippen molar-refractivity contribution in [2.45, 2.75) is 6.42 Å². The topological polar surface area (TPSA) is 80.4 Å². The number of nitrogens with two attached hydrogens (primary N) is 1. The maximum atomic E-state index is 12.0. The lowest BCUT2D eigenvalue weighted by molar-refractivity contribution is -0.120. The van der Waals surface area contributed by atoms with E-state index in [9.17, 15) is 4.79 Å². The molecule has 122 valence electrons. The molecule has 0 aliphatic rings. The van der Waals surface area contributed by atoms with Gasteiger partial charge in [0.15, 0.2) is 5.13 Å². The van der Waals surface area contributed by atoms with Gasteiger partial charge in [0, 0.05) is 0 Å². The number of nitrogens with zero attached hydrogens (tertiary/aromatic N) is 2. The second-order valence-electron chi connectivity index (χ2n) is 5.00. The van der Waals surface area contributed by atoms with Gasteiger partial charge < -0.3 is 5.73 Å². The number of nitrogen functional groups attached to an aromatic ring is 1. The number of amides is 1. The van der Waals surface area contributed by atoms with Gasteiger partial charge in [-0.05, 0) is 35.4 Å². The Morgan fingerprint density at radius 2 is 2.08 bits per heavy atom. The van der Waals surface area contributed by atoms with Gasteiger partial charge >= 0.3 is 0 Å². The molecular weight excluding hydrogens is 367 g/mol. The van der Waals surface area contributed by atoms with E-state index in [0.717, 1.165) is 21.3 Å². The summed E-state index contributed by atoms with van der Waals surface area (Å²) in [6.45, 7) is 0. The number of hydrazone groups is 1. The van der Waals surface area contributed by atoms with Crippen LogP contribution in [0.15, 0.2) is 41.5 Å². The number of nitrogens with one attached hydrogen (secondary N) is 1. The highest BCUT2D eigenvalue weighted by Crippen LogP contribution is 2.24. The van der Waals surface area contributed by atoms with Gasteiger partial charge in [0.1, 0.15) is 0 Å². The first kappa shape index (κ1) is 16.7. The third-order valence-corrected chi connectivity index (χ3v) is 4.77. The monoisotopic (exact) mass is 378 g/mol. The number of carbonyl (C=O) groups is 1. The van der Waals surface area contributed by atoms with Crippen LogP contribution in [0.25, 0.3) is 10.2 Å². The van der Waals surface area contributed by atoms with Gasteiger partial charge in [-0.2, -0.15) is 5.10 Å². The molecule has 1 amide bonds. The van der Waals surface area contributed by atoms with E-state index in [1.165, 1.54) is 17.6 Å². The van der Waals surface area contributed by atoms with E-state index >= 15 is 0 Å². The van der Waals surface area contributed by atoms with Crippen LogP contribution >= 0.6 is 34.5 Å². The quantitative estimate of drug-likeness (QED) is 0.533. The van der Waals surface area contributed by atoms with E-state index in [0.29, 0.717) is 15.2 Å². The van der Waals surface area contributed by atoms with Crippen molar-refractivity contribution in [2.24, 2.45) is 5.10 Å². The van der Waals surface area contributed by atoms with E-state index in [2.05, 4.69) is 15.5 Å². The average Bonchev–Trinajstić information content (AvgIpc) is 2.90. The van der Waals surface area contributed by atoms with Crippen LogP contribution in [0.2, 0.25) is 10.0 Å². The standard InChI is InChI=1S/C16H12Cl2N4OS/c17-11-3-1-10(5-12(11)18)8-20-22-15(23)7-9-2-4-13-14(6-9)24-16(19)21-13/h1-6,8H,7H2,(H2,19,21)(H,22,23)/b20-8-. The molecule has 24 heavy (non-hydrogen) atoms. The van der Waals surface area contributed by atoms with Crippen LogP contribution in [0.4, 0.5) is 5.13 Å². The molecule has 0 fully saturated rings. The maximum absolute atomic E-state index is 12.0. The summed E-state index contributed by atoms with van der Waals surface area (Å²) in [5.74, 6) is -0.219. The molecule has 8 heteroatoms. The predicted molar refractivity (Wildman–Crippen MR) is 99.9 cm³/mol. The first-order chi connectivity index (χ1) is 11.5. The lowest BCUT2D eigenvalue weighted by Gasteiger charge is -2.01. The van der Waals surface area contributed by atoms with Crippen molar-refractivity contribution in [3.63, 3.8) is 0 Å². The molecule has 1 aromatic heterocycles. The van der Waals surface area contributed by atoms with Gasteiger partial charge in [-0.25, -0.2) is 10.4 Å². The summed E-state index contributed by atoms with van der Waals surface area (Å²) in [6.07, 6.45) is 1.72. The fraction of sp³-hybridized carbons (Fsp3) is 0.0625. The number of benzene rings is 2. The Balaban J connectivity index is 1.61. The molecule has 3 aromatic rings. The zero-order valence-corrected chi connectivity index (χ0v) is 14.6. The van der Waals surface area contributed by atoms with E-state index < -0.39 is 0 Å². The summed E-state index contributed by atoms with van der Waals surface area (Å²) >= 11 is 13.2. The van der Waals surface area contributed by atoms with Crippen molar-refractivity contribution in [3.8, 4) is 0 Å². The summed E-state index contributed by atoms with van der Waals surface area (Å²) in [6, 6.07) is 10.7. The molecule has 0 saturated carbocycles. The number of halogens is 2. The normalized spacial score (nSPS) is 11.2. The Hall–Kier alpha value is -2.15. The number of anilines is 1. The van der Waals surface area contributed by atoms with Crippen LogP contribution in [0.5, 0.6) is 0 Å². The van der Waals surface area contributed by atoms with Crippen LogP contribution in [-0.2, 0) is 11.2 Å². The summed E-state index contributed by atoms with van der Waals surface area (Å²) in [5.41, 5.74) is 10.6. The molecule has 0 aliphatic heterocycles. The molecule has 0 aliphatic carbocycles. The maximum Gasteiger partial charge on any atom is 0.244 e. The summed E-state index contributed by atoms with van der Waals surface area (Å²) in [5, 5.41) is 5.33. The van der Waals surface area contributed by atoms with Crippen molar-refractivity contribution >= 4 is 62.0 Å². The van der Waals surface area contributed by atoms with Crippen LogP contribution in [0, 0.1) is 0 Å². The van der Waals surface area contributed by atoms with Crippen molar-refractivity contribution in [1.82, 2.24) is 10.4 Å². The van der Waals surface area contributed by atoms with Gasteiger partial charge in [0.05, 0.1) is 32.9 Å². The molecule has 0 bridgehead atoms. The summed E-state index contributed by atoms with van der Waals surface area (Å²) < 4.78 is 0.956. The van der Waals surface area contributed by atoms with Gasteiger partial charge in [-0.1, -0.05) is 46.7 Å². The van der Waals surface area contributed by atoms with Gasteiger partial charge in [-0.3, -0.25) is 4.79 Å². The van der Waals surface area contributed by atoms with Gasteiger partial charge in [0.25, 0.3) is 0 Å². The smallest absolute Gasteiger partial charge is 0.244 e. The van der Waals surface area contributed by atoms with E-state index in [-0.39, 0.29) is 12.3 Å². The van der Waals surface area contributed by atoms with Crippen LogP contribution in [0.1, 0.15) is 11.1 Å². The molecule has 1 heterocycles. The molecule has 0 saturated heterocycles. The molecule has 3 rings (SSSR count). The second-order valence-corrected chi connectivity index (χ2v) is 6.87. The minimum atomic E-state index is -0.219. The van der Waals surface area contributed by atoms with E-state index in [1.807, 2.05) is 18.2 Å². The molecule has 0 spiro atoms. The van der Waals surface area contributed by atoms with Gasteiger partial charge in [-0.15, -0.1) is 0 Å². The third-order valence-electron chi connectivity index (χ3n) is 3.18. The molecule has 0 unspecified atom stereocenters. The molecule has 5 nitrogen and oxygen atoms in total. The number of fused-ring (bicyclic) bond motifs is 1. The molecule has 2 aromatic carbocycles. The third kappa shape index (κ3) is 4.03. The van der Waals surface area contributed by atoms with Crippen LogP contribution in [-0.4, -0.2) is 17.1 Å². The highest BCUT2D eigenvalue weighted by Gasteiger charge is 2.06. The molecule has 0 radical (unpaired) electrons. The molecule has 0 atom stereocenters. The van der Waals surface area contributed by atoms with E-state index in [4.69, 9.17) is 28.9 Å². The fourth-order valence-corrected chi connectivity index (χ4v) is 3.20. The minimum Gasteiger partial charge on any atom is -0.375 e. The van der Waals surface area contributed by atoms with E-state index in [1.54, 1.807) is 18.2 Å². The van der Waals surface area contributed by atoms with Gasteiger partial charge in [0.2, 0.25) is 5.91 Å². The lowest BCUT2D eigenvalue weighted by Crippen LogP contribution is -2.19. The Morgan fingerprint density at radius 1 is 1.25 bits per heavy atom. The lowest BCUT2D eigenvalue weighted by atomic mass is 10.1. The molecule has 3 N–H and O–H groups in total. The summed E-state index contributed by atoms with van der Waals surface area (Å²) in [7, 11) is 0. The van der Waals surface area contributed by atoms with Crippen LogP contribution < -0.4 is 11.2 Å². The summed E-state index contributed by atoms with van der Waals surface area (Å²) in [4.78, 5) is 16.1. The first-order valence-corrected chi connectivity index (χ1v) is 8.50. The number of thiazole rings is 1. The second kappa shape index (κ2) is 7.17. The van der Waals surface area contributed by atoms with Crippen molar-refractivity contribution in [3.05, 3.63) is 57.6 Å². The number of rotatable bonds is 4. The molecular formula is C16H12Cl2N4OS. The SMILES string of the molecule is Nc1nc2ccc(CC(=O)N/N=C\c3ccc(Cl)c(Cl)c3)cc2s1. The largest absolute Gasteiger partial charge is 0.375 e. The van der Waals surface area contributed by atoms with Crippen LogP contribution in [0.3, 0.4) is 0 Å². The number of hydrogen-bond acceptors (Lipinski definition) is 5. The Morgan fingerprint density at radius 3 is 2.88 bits per heavy atom. The van der Waals surface area contributed by atoms with Crippen molar-refractivity contribution in [1.29, 1.82) is 0 Å². The minimum absolute atomic E-state index is 0.215. The van der Waals surface area contributed by atoms with Crippen molar-refractivity contribution in [2.75, 3.05) is 5.73 Å². The highest BCUT2D eigenvalue weighted by atomic mass is 35.5. The number of hydrogen-bond donors (Lipinski definition) is 2. The number of aromatic nitrogens is 1. The Labute approximate surface area is 152 Å². The average molecular weight is 379 g/mol. The zero-order chi connectivity index (χ0) is 17.1. The fourth-order valence-electron chi connectivity index (χ4n) is 2.09. The zero-order valence-electron chi connectivity index (χ0n) is 12.3. The highest BCUT2D eigenvalue weighted by molar-refractivity contribution is 7.22. The Kier molecular flexibility index (Phi) is 4.99. The van der Waals surface area contributed by atoms with Crippen molar-refractivity contribution < 1.29 is 4.79 Å². The predicted octanol–water partition coefficient (Wildman–Crippen LogP) is 3.88. The number of carbonyl (C=O) groups excluding carboxylic acids is 1. The first-order valence-electron chi connectivity index (χ1n) is 6.93. The Bertz CT molecular complexity index is 939.